The smallest absolute Gasteiger partial charge is 0.404 e. The maximum atomic E-state index is 12.5. The van der Waals surface area contributed by atoms with Gasteiger partial charge < -0.3 is 15.8 Å². The Labute approximate surface area is 175 Å². The topological polar surface area (TPSA) is 101 Å². The second-order valence-electron chi connectivity index (χ2n) is 5.40. The third-order valence-corrected chi connectivity index (χ3v) is 3.42. The normalized spacial score (nSPS) is 11.6. The Morgan fingerprint density at radius 2 is 1.96 bits per heavy atom. The molecule has 1 aromatic heterocycles. The van der Waals surface area contributed by atoms with Crippen LogP contribution < -0.4 is 15.8 Å². The molecule has 0 aliphatic rings. The molecule has 0 saturated carbocycles. The van der Waals surface area contributed by atoms with E-state index in [1.165, 1.54) is 24.5 Å². The van der Waals surface area contributed by atoms with E-state index in [4.69, 9.17) is 5.73 Å². The number of para-hydroxylation sites is 2. The van der Waals surface area contributed by atoms with E-state index in [9.17, 15) is 13.2 Å². The van der Waals surface area contributed by atoms with Gasteiger partial charge in [0.15, 0.2) is 17.5 Å². The number of anilines is 1. The van der Waals surface area contributed by atoms with E-state index in [2.05, 4.69) is 30.2 Å². The highest BCUT2D eigenvalue weighted by molar-refractivity contribution is 14.0. The lowest BCUT2D eigenvalue weighted by molar-refractivity contribution is -0.274. The summed E-state index contributed by atoms with van der Waals surface area (Å²) in [6.07, 6.45) is -3.40. The quantitative estimate of drug-likeness (QED) is 0.278. The van der Waals surface area contributed by atoms with Crippen LogP contribution in [0.5, 0.6) is 5.75 Å². The van der Waals surface area contributed by atoms with Crippen molar-refractivity contribution in [2.75, 3.05) is 5.32 Å². The Bertz CT molecular complexity index is 931. The van der Waals surface area contributed by atoms with Crippen LogP contribution in [0.4, 0.5) is 18.9 Å². The van der Waals surface area contributed by atoms with E-state index in [1.54, 1.807) is 6.07 Å². The van der Waals surface area contributed by atoms with Crippen molar-refractivity contribution in [3.8, 4) is 17.1 Å². The monoisotopic (exact) mass is 504 g/mol. The van der Waals surface area contributed by atoms with Gasteiger partial charge in [0.2, 0.25) is 0 Å². The van der Waals surface area contributed by atoms with E-state index in [-0.39, 0.29) is 42.2 Å². The molecule has 4 N–H and O–H groups in total. The van der Waals surface area contributed by atoms with Gasteiger partial charge in [-0.05, 0) is 23.8 Å². The zero-order valence-electron chi connectivity index (χ0n) is 14.3. The van der Waals surface area contributed by atoms with Crippen LogP contribution in [0.3, 0.4) is 0 Å². The summed E-state index contributed by atoms with van der Waals surface area (Å²) < 4.78 is 41.3. The van der Waals surface area contributed by atoms with Crippen LogP contribution in [0, 0.1) is 0 Å². The lowest BCUT2D eigenvalue weighted by Gasteiger charge is -2.14. The number of aromatic nitrogens is 3. The number of alkyl halides is 3. The molecule has 3 rings (SSSR count). The number of nitrogens with one attached hydrogen (secondary N) is 2. The standard InChI is InChI=1S/C17H15F3N6O.HI/c18-17(19,20)27-14-7-2-1-6-13(14)25-16(21)22-9-11-4-3-5-12(8-11)15-23-10-24-26-15;/h1-8,10H,9H2,(H3,21,22,25)(H,23,24,26);1H. The van der Waals surface area contributed by atoms with Crippen LogP contribution in [0.25, 0.3) is 11.4 Å². The van der Waals surface area contributed by atoms with Crippen molar-refractivity contribution in [1.82, 2.24) is 15.2 Å². The van der Waals surface area contributed by atoms with Crippen molar-refractivity contribution in [3.63, 3.8) is 0 Å². The molecule has 11 heteroatoms. The van der Waals surface area contributed by atoms with Gasteiger partial charge in [0.25, 0.3) is 0 Å². The maximum Gasteiger partial charge on any atom is 0.573 e. The zero-order chi connectivity index (χ0) is 19.3. The minimum Gasteiger partial charge on any atom is -0.404 e. The summed E-state index contributed by atoms with van der Waals surface area (Å²) in [6, 6.07) is 13.0. The predicted molar refractivity (Wildman–Crippen MR) is 109 cm³/mol. The summed E-state index contributed by atoms with van der Waals surface area (Å²) in [4.78, 5) is 8.22. The molecule has 0 atom stereocenters. The number of halogens is 4. The second-order valence-corrected chi connectivity index (χ2v) is 5.40. The van der Waals surface area contributed by atoms with E-state index in [1.807, 2.05) is 24.3 Å². The molecule has 1 heterocycles. The molecule has 0 amide bonds. The Morgan fingerprint density at radius 1 is 1.18 bits per heavy atom. The van der Waals surface area contributed by atoms with Crippen LogP contribution >= 0.6 is 24.0 Å². The van der Waals surface area contributed by atoms with E-state index in [0.717, 1.165) is 11.1 Å². The second kappa shape index (κ2) is 9.39. The Morgan fingerprint density at radius 3 is 2.68 bits per heavy atom. The molecule has 0 unspecified atom stereocenters. The first-order valence-electron chi connectivity index (χ1n) is 7.77. The summed E-state index contributed by atoms with van der Waals surface area (Å²) in [7, 11) is 0. The highest BCUT2D eigenvalue weighted by Gasteiger charge is 2.32. The third kappa shape index (κ3) is 6.11. The SMILES string of the molecule is I.NC(=NCc1cccc(-c2ncn[nH]2)c1)Nc1ccccc1OC(F)(F)F. The van der Waals surface area contributed by atoms with Crippen LogP contribution in [0.15, 0.2) is 59.9 Å². The van der Waals surface area contributed by atoms with Gasteiger partial charge in [-0.25, -0.2) is 9.98 Å². The van der Waals surface area contributed by atoms with Gasteiger partial charge in [-0.2, -0.15) is 5.10 Å². The fraction of sp³-hybridized carbons (Fsp3) is 0.118. The van der Waals surface area contributed by atoms with Gasteiger partial charge in [-0.15, -0.1) is 37.1 Å². The summed E-state index contributed by atoms with van der Waals surface area (Å²) >= 11 is 0. The average molecular weight is 504 g/mol. The minimum absolute atomic E-state index is 0. The lowest BCUT2D eigenvalue weighted by atomic mass is 10.1. The number of hydrogen-bond acceptors (Lipinski definition) is 4. The van der Waals surface area contributed by atoms with Gasteiger partial charge in [-0.3, -0.25) is 5.10 Å². The van der Waals surface area contributed by atoms with Crippen molar-refractivity contribution in [2.45, 2.75) is 12.9 Å². The molecule has 3 aromatic rings. The number of H-pyrrole nitrogens is 1. The molecular weight excluding hydrogens is 488 g/mol. The van der Waals surface area contributed by atoms with Crippen molar-refractivity contribution in [2.24, 2.45) is 10.7 Å². The van der Waals surface area contributed by atoms with Crippen molar-refractivity contribution in [1.29, 1.82) is 0 Å². The molecule has 0 aliphatic carbocycles. The fourth-order valence-corrected chi connectivity index (χ4v) is 2.30. The highest BCUT2D eigenvalue weighted by atomic mass is 127. The first-order valence-corrected chi connectivity index (χ1v) is 7.77. The predicted octanol–water partition coefficient (Wildman–Crippen LogP) is 3.92. The number of aliphatic imine (C=N–C) groups is 1. The molecule has 7 nitrogen and oxygen atoms in total. The summed E-state index contributed by atoms with van der Waals surface area (Å²) in [6.45, 7) is 0.225. The molecule has 0 bridgehead atoms. The first-order chi connectivity index (χ1) is 12.9. The number of guanidine groups is 1. The Kier molecular flexibility index (Phi) is 7.20. The van der Waals surface area contributed by atoms with E-state index in [0.29, 0.717) is 5.82 Å². The maximum absolute atomic E-state index is 12.5. The molecule has 0 spiro atoms. The van der Waals surface area contributed by atoms with Gasteiger partial charge in [0, 0.05) is 5.56 Å². The van der Waals surface area contributed by atoms with E-state index >= 15 is 0 Å². The molecule has 0 aliphatic heterocycles. The Balaban J connectivity index is 0.00000280. The first kappa shape index (κ1) is 21.5. The number of rotatable bonds is 5. The molecule has 2 aromatic carbocycles. The van der Waals surface area contributed by atoms with Crippen LogP contribution in [-0.2, 0) is 6.54 Å². The van der Waals surface area contributed by atoms with Crippen LogP contribution in [-0.4, -0.2) is 27.5 Å². The largest absolute Gasteiger partial charge is 0.573 e. The third-order valence-electron chi connectivity index (χ3n) is 3.42. The van der Waals surface area contributed by atoms with Gasteiger partial charge in [0.05, 0.1) is 12.2 Å². The van der Waals surface area contributed by atoms with Gasteiger partial charge in [0.1, 0.15) is 6.33 Å². The number of ether oxygens (including phenoxy) is 1. The molecule has 28 heavy (non-hydrogen) atoms. The van der Waals surface area contributed by atoms with Gasteiger partial charge in [-0.1, -0.05) is 30.3 Å². The van der Waals surface area contributed by atoms with Gasteiger partial charge >= 0.3 is 6.36 Å². The molecule has 0 fully saturated rings. The number of hydrogen-bond donors (Lipinski definition) is 3. The zero-order valence-corrected chi connectivity index (χ0v) is 16.6. The molecule has 0 radical (unpaired) electrons. The Hall–Kier alpha value is -2.83. The number of aromatic amines is 1. The summed E-state index contributed by atoms with van der Waals surface area (Å²) in [5.41, 5.74) is 7.52. The van der Waals surface area contributed by atoms with Crippen LogP contribution in [0.1, 0.15) is 5.56 Å². The average Bonchev–Trinajstić information content (AvgIpc) is 3.15. The summed E-state index contributed by atoms with van der Waals surface area (Å²) in [5, 5.41) is 9.18. The van der Waals surface area contributed by atoms with Crippen LogP contribution in [0.2, 0.25) is 0 Å². The van der Waals surface area contributed by atoms with Crippen molar-refractivity contribution >= 4 is 35.6 Å². The number of benzene rings is 2. The lowest BCUT2D eigenvalue weighted by Crippen LogP contribution is -2.24. The van der Waals surface area contributed by atoms with Crippen molar-refractivity contribution in [3.05, 3.63) is 60.4 Å². The minimum atomic E-state index is -4.80. The molecule has 148 valence electrons. The summed E-state index contributed by atoms with van der Waals surface area (Å²) in [5.74, 6) is 0.180. The molecule has 0 saturated heterocycles. The fourth-order valence-electron chi connectivity index (χ4n) is 2.30. The van der Waals surface area contributed by atoms with E-state index < -0.39 is 12.1 Å². The number of nitrogens with zero attached hydrogens (tertiary/aromatic N) is 3. The molecular formula is C17H16F3IN6O. The number of nitrogens with two attached hydrogens (primary N) is 1. The highest BCUT2D eigenvalue weighted by Crippen LogP contribution is 2.29. The van der Waals surface area contributed by atoms with Crippen molar-refractivity contribution < 1.29 is 17.9 Å².